The van der Waals surface area contributed by atoms with Gasteiger partial charge in [0.05, 0.1) is 17.5 Å². The molecule has 2 heterocycles. The van der Waals surface area contributed by atoms with Crippen molar-refractivity contribution in [1.29, 1.82) is 0 Å². The number of hydrogen-bond acceptors (Lipinski definition) is 3. The minimum Gasteiger partial charge on any atom is -0.354 e. The number of benzene rings is 1. The SMILES string of the molecule is O=C(Cc1n[nH]c(=O)c2ccccc12)NCCn1cccc1. The number of carbonyl (C=O) groups is 1. The van der Waals surface area contributed by atoms with Crippen LogP contribution in [0.5, 0.6) is 0 Å². The molecule has 1 amide bonds. The molecule has 112 valence electrons. The van der Waals surface area contributed by atoms with Crippen molar-refractivity contribution >= 4 is 16.7 Å². The Kier molecular flexibility index (Phi) is 4.00. The van der Waals surface area contributed by atoms with Crippen molar-refractivity contribution in [2.24, 2.45) is 0 Å². The zero-order valence-electron chi connectivity index (χ0n) is 12.0. The van der Waals surface area contributed by atoms with E-state index in [0.29, 0.717) is 23.0 Å². The van der Waals surface area contributed by atoms with Crippen LogP contribution in [0.1, 0.15) is 5.69 Å². The molecule has 0 unspecified atom stereocenters. The molecule has 0 saturated heterocycles. The van der Waals surface area contributed by atoms with Crippen molar-refractivity contribution in [1.82, 2.24) is 20.1 Å². The molecule has 0 radical (unpaired) electrons. The molecule has 0 fully saturated rings. The largest absolute Gasteiger partial charge is 0.354 e. The third kappa shape index (κ3) is 3.06. The molecule has 2 N–H and O–H groups in total. The Hall–Kier alpha value is -2.89. The number of aromatic amines is 1. The smallest absolute Gasteiger partial charge is 0.272 e. The predicted molar refractivity (Wildman–Crippen MR) is 83.5 cm³/mol. The fourth-order valence-corrected chi connectivity index (χ4v) is 2.36. The van der Waals surface area contributed by atoms with Gasteiger partial charge in [-0.25, -0.2) is 5.10 Å². The van der Waals surface area contributed by atoms with Gasteiger partial charge in [-0.3, -0.25) is 9.59 Å². The summed E-state index contributed by atoms with van der Waals surface area (Å²) in [5, 5.41) is 10.6. The molecule has 3 rings (SSSR count). The molecule has 0 atom stereocenters. The lowest BCUT2D eigenvalue weighted by atomic mass is 10.1. The highest BCUT2D eigenvalue weighted by Gasteiger charge is 2.10. The Morgan fingerprint density at radius 3 is 2.64 bits per heavy atom. The molecule has 6 nitrogen and oxygen atoms in total. The molecule has 6 heteroatoms. The van der Waals surface area contributed by atoms with Crippen LogP contribution >= 0.6 is 0 Å². The second-order valence-corrected chi connectivity index (χ2v) is 4.99. The summed E-state index contributed by atoms with van der Waals surface area (Å²) in [4.78, 5) is 23.7. The van der Waals surface area contributed by atoms with Gasteiger partial charge in [-0.05, 0) is 18.2 Å². The molecular formula is C16H16N4O2. The van der Waals surface area contributed by atoms with Gasteiger partial charge in [-0.2, -0.15) is 5.10 Å². The number of nitrogens with one attached hydrogen (secondary N) is 2. The first-order chi connectivity index (χ1) is 10.7. The van der Waals surface area contributed by atoms with Crippen LogP contribution < -0.4 is 10.9 Å². The lowest BCUT2D eigenvalue weighted by Crippen LogP contribution is -2.29. The molecule has 1 aromatic carbocycles. The van der Waals surface area contributed by atoms with E-state index in [2.05, 4.69) is 15.5 Å². The van der Waals surface area contributed by atoms with Crippen molar-refractivity contribution in [3.8, 4) is 0 Å². The van der Waals surface area contributed by atoms with E-state index in [0.717, 1.165) is 6.54 Å². The maximum Gasteiger partial charge on any atom is 0.272 e. The van der Waals surface area contributed by atoms with E-state index in [1.54, 1.807) is 18.2 Å². The molecule has 2 aromatic heterocycles. The summed E-state index contributed by atoms with van der Waals surface area (Å²) < 4.78 is 1.99. The zero-order chi connectivity index (χ0) is 15.4. The average Bonchev–Trinajstić information content (AvgIpc) is 3.04. The number of nitrogens with zero attached hydrogens (tertiary/aromatic N) is 2. The van der Waals surface area contributed by atoms with Crippen LogP contribution in [-0.2, 0) is 17.8 Å². The van der Waals surface area contributed by atoms with Gasteiger partial charge >= 0.3 is 0 Å². The van der Waals surface area contributed by atoms with Crippen molar-refractivity contribution in [3.05, 3.63) is 64.8 Å². The van der Waals surface area contributed by atoms with Gasteiger partial charge in [0.2, 0.25) is 5.91 Å². The summed E-state index contributed by atoms with van der Waals surface area (Å²) in [7, 11) is 0. The van der Waals surface area contributed by atoms with Gasteiger partial charge in [0.15, 0.2) is 0 Å². The molecule has 0 aliphatic carbocycles. The normalized spacial score (nSPS) is 10.7. The molecule has 0 bridgehead atoms. The number of amides is 1. The van der Waals surface area contributed by atoms with E-state index < -0.39 is 0 Å². The summed E-state index contributed by atoms with van der Waals surface area (Å²) in [5.41, 5.74) is 0.334. The lowest BCUT2D eigenvalue weighted by Gasteiger charge is -2.07. The standard InChI is InChI=1S/C16H16N4O2/c21-15(17-7-10-20-8-3-4-9-20)11-14-12-5-1-2-6-13(12)16(22)19-18-14/h1-6,8-9H,7,10-11H2,(H,17,21)(H,19,22). The van der Waals surface area contributed by atoms with Crippen LogP contribution in [0, 0.1) is 0 Å². The van der Waals surface area contributed by atoms with E-state index in [1.807, 2.05) is 35.2 Å². The maximum atomic E-state index is 12.0. The number of fused-ring (bicyclic) bond motifs is 1. The highest BCUT2D eigenvalue weighted by Crippen LogP contribution is 2.12. The lowest BCUT2D eigenvalue weighted by molar-refractivity contribution is -0.120. The fraction of sp³-hybridized carbons (Fsp3) is 0.188. The fourth-order valence-electron chi connectivity index (χ4n) is 2.36. The van der Waals surface area contributed by atoms with Gasteiger partial charge in [0, 0.05) is 30.9 Å². The molecule has 3 aromatic rings. The number of aromatic nitrogens is 3. The Morgan fingerprint density at radius 1 is 1.14 bits per heavy atom. The van der Waals surface area contributed by atoms with Crippen LogP contribution in [0.2, 0.25) is 0 Å². The van der Waals surface area contributed by atoms with Crippen LogP contribution in [-0.4, -0.2) is 27.2 Å². The number of rotatable bonds is 5. The second kappa shape index (κ2) is 6.26. The first-order valence-electron chi connectivity index (χ1n) is 7.08. The van der Waals surface area contributed by atoms with Crippen LogP contribution in [0.15, 0.2) is 53.6 Å². The van der Waals surface area contributed by atoms with Gasteiger partial charge in [-0.1, -0.05) is 18.2 Å². The molecular weight excluding hydrogens is 280 g/mol. The minimum absolute atomic E-state index is 0.114. The minimum atomic E-state index is -0.243. The predicted octanol–water partition coefficient (Wildman–Crippen LogP) is 1.08. The molecule has 22 heavy (non-hydrogen) atoms. The third-order valence-electron chi connectivity index (χ3n) is 3.46. The van der Waals surface area contributed by atoms with Crippen molar-refractivity contribution in [3.63, 3.8) is 0 Å². The van der Waals surface area contributed by atoms with E-state index in [1.165, 1.54) is 0 Å². The van der Waals surface area contributed by atoms with Gasteiger partial charge in [0.25, 0.3) is 5.56 Å². The van der Waals surface area contributed by atoms with E-state index in [-0.39, 0.29) is 17.9 Å². The quantitative estimate of drug-likeness (QED) is 0.739. The zero-order valence-corrected chi connectivity index (χ0v) is 12.0. The highest BCUT2D eigenvalue weighted by molar-refractivity contribution is 5.88. The van der Waals surface area contributed by atoms with E-state index in [9.17, 15) is 9.59 Å². The second-order valence-electron chi connectivity index (χ2n) is 4.99. The number of hydrogen-bond donors (Lipinski definition) is 2. The number of H-pyrrole nitrogens is 1. The monoisotopic (exact) mass is 296 g/mol. The summed E-state index contributed by atoms with van der Waals surface area (Å²) in [5.74, 6) is -0.114. The van der Waals surface area contributed by atoms with Crippen LogP contribution in [0.3, 0.4) is 0 Å². The topological polar surface area (TPSA) is 79.8 Å². The molecule has 0 aliphatic heterocycles. The van der Waals surface area contributed by atoms with Gasteiger partial charge < -0.3 is 9.88 Å². The molecule has 0 saturated carbocycles. The average molecular weight is 296 g/mol. The summed E-state index contributed by atoms with van der Waals surface area (Å²) in [6, 6.07) is 11.0. The van der Waals surface area contributed by atoms with E-state index in [4.69, 9.17) is 0 Å². The Bertz CT molecular complexity index is 837. The highest BCUT2D eigenvalue weighted by atomic mass is 16.1. The van der Waals surface area contributed by atoms with Gasteiger partial charge in [0.1, 0.15) is 0 Å². The van der Waals surface area contributed by atoms with E-state index >= 15 is 0 Å². The Labute approximate surface area is 126 Å². The molecule has 0 aliphatic rings. The van der Waals surface area contributed by atoms with Crippen molar-refractivity contribution < 1.29 is 4.79 Å². The Balaban J connectivity index is 1.66. The number of carbonyl (C=O) groups excluding carboxylic acids is 1. The third-order valence-corrected chi connectivity index (χ3v) is 3.46. The summed E-state index contributed by atoms with van der Waals surface area (Å²) >= 11 is 0. The first-order valence-corrected chi connectivity index (χ1v) is 7.08. The maximum absolute atomic E-state index is 12.0. The summed E-state index contributed by atoms with van der Waals surface area (Å²) in [6.07, 6.45) is 4.04. The van der Waals surface area contributed by atoms with Gasteiger partial charge in [-0.15, -0.1) is 0 Å². The molecule has 0 spiro atoms. The Morgan fingerprint density at radius 2 is 1.86 bits per heavy atom. The first kappa shape index (κ1) is 14.1. The van der Waals surface area contributed by atoms with Crippen LogP contribution in [0.4, 0.5) is 0 Å². The van der Waals surface area contributed by atoms with Crippen molar-refractivity contribution in [2.45, 2.75) is 13.0 Å². The van der Waals surface area contributed by atoms with Crippen LogP contribution in [0.25, 0.3) is 10.8 Å². The van der Waals surface area contributed by atoms with Crippen molar-refractivity contribution in [2.75, 3.05) is 6.54 Å². The summed E-state index contributed by atoms with van der Waals surface area (Å²) in [6.45, 7) is 1.27.